The summed E-state index contributed by atoms with van der Waals surface area (Å²) in [5.41, 5.74) is 2.50. The van der Waals surface area contributed by atoms with Gasteiger partial charge in [-0.05, 0) is 31.0 Å². The summed E-state index contributed by atoms with van der Waals surface area (Å²) in [4.78, 5) is 14.3. The van der Waals surface area contributed by atoms with Gasteiger partial charge in [0.25, 0.3) is 5.91 Å². The van der Waals surface area contributed by atoms with Crippen LogP contribution in [0.5, 0.6) is 5.75 Å². The van der Waals surface area contributed by atoms with Gasteiger partial charge in [-0.3, -0.25) is 4.79 Å². The number of benzene rings is 1. The Morgan fingerprint density at radius 2 is 1.95 bits per heavy atom. The molecule has 4 nitrogen and oxygen atoms in total. The molecule has 1 amide bonds. The Morgan fingerprint density at radius 1 is 1.25 bits per heavy atom. The van der Waals surface area contributed by atoms with Crippen molar-refractivity contribution in [2.24, 2.45) is 0 Å². The van der Waals surface area contributed by atoms with Crippen molar-refractivity contribution in [1.82, 2.24) is 4.90 Å². The van der Waals surface area contributed by atoms with E-state index in [4.69, 9.17) is 4.74 Å². The van der Waals surface area contributed by atoms with Crippen LogP contribution in [-0.2, 0) is 4.79 Å². The molecule has 0 saturated heterocycles. The summed E-state index contributed by atoms with van der Waals surface area (Å²) in [5.74, 6) is 0.731. The van der Waals surface area contributed by atoms with Gasteiger partial charge in [-0.1, -0.05) is 13.8 Å². The van der Waals surface area contributed by atoms with Crippen LogP contribution in [0.2, 0.25) is 0 Å². The smallest absolute Gasteiger partial charge is 0.257 e. The lowest BCUT2D eigenvalue weighted by molar-refractivity contribution is -0.110. The molecule has 1 N–H and O–H groups in total. The van der Waals surface area contributed by atoms with Crippen LogP contribution in [0.3, 0.4) is 0 Å². The van der Waals surface area contributed by atoms with Gasteiger partial charge >= 0.3 is 0 Å². The maximum atomic E-state index is 12.1. The monoisotopic (exact) mass is 274 g/mol. The largest absolute Gasteiger partial charge is 0.497 e. The highest BCUT2D eigenvalue weighted by atomic mass is 16.5. The lowest BCUT2D eigenvalue weighted by atomic mass is 10.1. The Kier molecular flexibility index (Phi) is 4.66. The van der Waals surface area contributed by atoms with E-state index in [-0.39, 0.29) is 5.91 Å². The molecule has 1 heterocycles. The molecule has 0 unspecified atom stereocenters. The van der Waals surface area contributed by atoms with Gasteiger partial charge < -0.3 is 15.0 Å². The van der Waals surface area contributed by atoms with Crippen molar-refractivity contribution in [3.8, 4) is 5.75 Å². The fourth-order valence-electron chi connectivity index (χ4n) is 2.42. The van der Waals surface area contributed by atoms with Gasteiger partial charge in [0.15, 0.2) is 0 Å². The third-order valence-electron chi connectivity index (χ3n) is 3.34. The van der Waals surface area contributed by atoms with Crippen molar-refractivity contribution in [1.29, 1.82) is 0 Å². The number of ether oxygens (including phenoxy) is 1. The number of amides is 1. The SMILES string of the molecule is CCCN(/C=C1/C(=O)Nc2ccc(OC)cc21)CCC. The summed E-state index contributed by atoms with van der Waals surface area (Å²) in [5, 5.41) is 2.90. The number of methoxy groups -OCH3 is 1. The van der Waals surface area contributed by atoms with Crippen LogP contribution in [0, 0.1) is 0 Å². The van der Waals surface area contributed by atoms with E-state index < -0.39 is 0 Å². The second-order valence-corrected chi connectivity index (χ2v) is 4.94. The minimum Gasteiger partial charge on any atom is -0.497 e. The molecule has 1 aliphatic rings. The summed E-state index contributed by atoms with van der Waals surface area (Å²) in [7, 11) is 1.63. The number of carbonyl (C=O) groups excluding carboxylic acids is 1. The van der Waals surface area contributed by atoms with Crippen molar-refractivity contribution in [2.75, 3.05) is 25.5 Å². The lowest BCUT2D eigenvalue weighted by Gasteiger charge is -2.19. The molecule has 108 valence electrons. The zero-order valence-corrected chi connectivity index (χ0v) is 12.4. The minimum atomic E-state index is -0.0366. The molecule has 0 aliphatic carbocycles. The first-order valence-electron chi connectivity index (χ1n) is 7.15. The second kappa shape index (κ2) is 6.46. The van der Waals surface area contributed by atoms with Crippen molar-refractivity contribution in [3.05, 3.63) is 30.0 Å². The van der Waals surface area contributed by atoms with Crippen molar-refractivity contribution >= 4 is 17.2 Å². The van der Waals surface area contributed by atoms with Gasteiger partial charge in [0.1, 0.15) is 5.75 Å². The summed E-state index contributed by atoms with van der Waals surface area (Å²) < 4.78 is 5.24. The van der Waals surface area contributed by atoms with Crippen molar-refractivity contribution < 1.29 is 9.53 Å². The molecule has 0 radical (unpaired) electrons. The predicted octanol–water partition coefficient (Wildman–Crippen LogP) is 3.11. The quantitative estimate of drug-likeness (QED) is 0.810. The number of fused-ring (bicyclic) bond motifs is 1. The first-order chi connectivity index (χ1) is 9.69. The number of rotatable bonds is 6. The first kappa shape index (κ1) is 14.4. The van der Waals surface area contributed by atoms with E-state index in [1.807, 2.05) is 24.4 Å². The van der Waals surface area contributed by atoms with Gasteiger partial charge in [0.05, 0.1) is 12.7 Å². The zero-order chi connectivity index (χ0) is 14.5. The highest BCUT2D eigenvalue weighted by Crippen LogP contribution is 2.34. The Bertz CT molecular complexity index is 517. The number of anilines is 1. The molecule has 0 atom stereocenters. The molecule has 1 aromatic carbocycles. The highest BCUT2D eigenvalue weighted by molar-refractivity contribution is 6.31. The molecule has 1 aromatic rings. The fourth-order valence-corrected chi connectivity index (χ4v) is 2.42. The number of hydrogen-bond donors (Lipinski definition) is 1. The summed E-state index contributed by atoms with van der Waals surface area (Å²) >= 11 is 0. The van der Waals surface area contributed by atoms with E-state index in [0.717, 1.165) is 48.5 Å². The Hall–Kier alpha value is -1.97. The molecule has 1 aliphatic heterocycles. The maximum Gasteiger partial charge on any atom is 0.257 e. The van der Waals surface area contributed by atoms with E-state index in [0.29, 0.717) is 0 Å². The van der Waals surface area contributed by atoms with Crippen LogP contribution < -0.4 is 10.1 Å². The standard InChI is InChI=1S/C16H22N2O2/c1-4-8-18(9-5-2)11-14-13-10-12(20-3)6-7-15(13)17-16(14)19/h6-7,10-11H,4-5,8-9H2,1-3H3,(H,17,19)/b14-11+. The average Bonchev–Trinajstić information content (AvgIpc) is 2.75. The number of nitrogens with zero attached hydrogens (tertiary/aromatic N) is 1. The molecule has 0 fully saturated rings. The lowest BCUT2D eigenvalue weighted by Crippen LogP contribution is -2.20. The topological polar surface area (TPSA) is 41.6 Å². The van der Waals surface area contributed by atoms with Gasteiger partial charge in [0.2, 0.25) is 0 Å². The van der Waals surface area contributed by atoms with Gasteiger partial charge in [0, 0.05) is 30.5 Å². The molecule has 4 heteroatoms. The van der Waals surface area contributed by atoms with Crippen LogP contribution in [0.1, 0.15) is 32.3 Å². The average molecular weight is 274 g/mol. The minimum absolute atomic E-state index is 0.0366. The van der Waals surface area contributed by atoms with Crippen LogP contribution in [0.4, 0.5) is 5.69 Å². The van der Waals surface area contributed by atoms with Crippen LogP contribution in [-0.4, -0.2) is 31.0 Å². The molecule has 0 bridgehead atoms. The molecule has 20 heavy (non-hydrogen) atoms. The number of nitrogens with one attached hydrogen (secondary N) is 1. The van der Waals surface area contributed by atoms with E-state index >= 15 is 0 Å². The molecule has 0 saturated carbocycles. The van der Waals surface area contributed by atoms with E-state index in [9.17, 15) is 4.79 Å². The summed E-state index contributed by atoms with van der Waals surface area (Å²) in [6.45, 7) is 6.22. The van der Waals surface area contributed by atoms with E-state index in [1.165, 1.54) is 0 Å². The number of hydrogen-bond acceptors (Lipinski definition) is 3. The molecule has 0 aromatic heterocycles. The van der Waals surface area contributed by atoms with Gasteiger partial charge in [-0.15, -0.1) is 0 Å². The fraction of sp³-hybridized carbons (Fsp3) is 0.438. The van der Waals surface area contributed by atoms with Crippen LogP contribution in [0.15, 0.2) is 24.4 Å². The third kappa shape index (κ3) is 2.95. The molecule has 2 rings (SSSR count). The Labute approximate surface area is 120 Å². The summed E-state index contributed by atoms with van der Waals surface area (Å²) in [6, 6.07) is 5.66. The third-order valence-corrected chi connectivity index (χ3v) is 3.34. The van der Waals surface area contributed by atoms with Crippen molar-refractivity contribution in [3.63, 3.8) is 0 Å². The number of carbonyl (C=O) groups is 1. The van der Waals surface area contributed by atoms with Gasteiger partial charge in [-0.25, -0.2) is 0 Å². The van der Waals surface area contributed by atoms with E-state index in [2.05, 4.69) is 24.1 Å². The molecule has 0 spiro atoms. The maximum absolute atomic E-state index is 12.1. The summed E-state index contributed by atoms with van der Waals surface area (Å²) in [6.07, 6.45) is 4.11. The molecular formula is C16H22N2O2. The Morgan fingerprint density at radius 3 is 2.55 bits per heavy atom. The first-order valence-corrected chi connectivity index (χ1v) is 7.15. The highest BCUT2D eigenvalue weighted by Gasteiger charge is 2.25. The predicted molar refractivity (Wildman–Crippen MR) is 81.8 cm³/mol. The molecular weight excluding hydrogens is 252 g/mol. The van der Waals surface area contributed by atoms with Crippen LogP contribution >= 0.6 is 0 Å². The van der Waals surface area contributed by atoms with Gasteiger partial charge in [-0.2, -0.15) is 0 Å². The second-order valence-electron chi connectivity index (χ2n) is 4.94. The Balaban J connectivity index is 2.34. The van der Waals surface area contributed by atoms with Crippen molar-refractivity contribution in [2.45, 2.75) is 26.7 Å². The normalized spacial score (nSPS) is 15.2. The van der Waals surface area contributed by atoms with E-state index in [1.54, 1.807) is 7.11 Å². The zero-order valence-electron chi connectivity index (χ0n) is 12.4. The van der Waals surface area contributed by atoms with Crippen LogP contribution in [0.25, 0.3) is 5.57 Å².